The van der Waals surface area contributed by atoms with Gasteiger partial charge in [-0.05, 0) is 19.3 Å². The Morgan fingerprint density at radius 1 is 0.593 bits per heavy atom. The molecule has 0 saturated heterocycles. The van der Waals surface area contributed by atoms with Crippen molar-refractivity contribution in [2.45, 2.75) is 168 Å². The highest BCUT2D eigenvalue weighted by atomic mass is 31.2. The predicted octanol–water partition coefficient (Wildman–Crippen LogP) is 11.9. The summed E-state index contributed by atoms with van der Waals surface area (Å²) in [7, 11) is 1.29. The summed E-state index contributed by atoms with van der Waals surface area (Å²) in [6, 6.07) is 0. The van der Waals surface area contributed by atoms with E-state index >= 15 is 0 Å². The number of likely N-dealkylation sites (N-methyl/N-ethyl adjacent to an activating group) is 1. The molecule has 0 amide bonds. The molecule has 9 heteroatoms. The van der Waals surface area contributed by atoms with Crippen LogP contribution in [0.4, 0.5) is 0 Å². The molecule has 0 aliphatic heterocycles. The maximum Gasteiger partial charge on any atom is 0.331 e. The zero-order valence-corrected chi connectivity index (χ0v) is 36.3. The Bertz CT molecular complexity index is 1050. The fourth-order valence-corrected chi connectivity index (χ4v) is 6.38. The topological polar surface area (TPSA) is 94.1 Å². The van der Waals surface area contributed by atoms with Gasteiger partial charge in [0.25, 0.3) is 7.82 Å². The molecular formula is C45H82NO7P. The summed E-state index contributed by atoms with van der Waals surface area (Å²) in [4.78, 5) is 24.9. The lowest BCUT2D eigenvalue weighted by Gasteiger charge is -2.28. The first-order chi connectivity index (χ1) is 26.1. The smallest absolute Gasteiger partial charge is 0.331 e. The number of ether oxygens (including phenoxy) is 2. The normalized spacial score (nSPS) is 14.4. The minimum absolute atomic E-state index is 0.00631. The number of unbranched alkanes of at least 4 members (excludes halogenated alkanes) is 20. The predicted molar refractivity (Wildman–Crippen MR) is 226 cm³/mol. The molecule has 0 radical (unpaired) electrons. The number of allylic oxidation sites excluding steroid dienone is 9. The molecule has 54 heavy (non-hydrogen) atoms. The van der Waals surface area contributed by atoms with Crippen LogP contribution in [0.25, 0.3) is 0 Å². The van der Waals surface area contributed by atoms with Gasteiger partial charge in [0.1, 0.15) is 19.3 Å². The van der Waals surface area contributed by atoms with E-state index in [1.165, 1.54) is 128 Å². The Morgan fingerprint density at radius 3 is 1.57 bits per heavy atom. The fourth-order valence-electron chi connectivity index (χ4n) is 5.65. The summed E-state index contributed by atoms with van der Waals surface area (Å²) in [5, 5.41) is 0. The number of nitrogens with zero attached hydrogens (tertiary/aromatic N) is 1. The van der Waals surface area contributed by atoms with Crippen molar-refractivity contribution >= 4 is 13.8 Å². The van der Waals surface area contributed by atoms with Gasteiger partial charge in [0.05, 0.1) is 34.4 Å². The van der Waals surface area contributed by atoms with E-state index in [0.29, 0.717) is 30.7 Å². The number of esters is 1. The summed E-state index contributed by atoms with van der Waals surface area (Å²) >= 11 is 0. The van der Waals surface area contributed by atoms with Gasteiger partial charge in [-0.2, -0.15) is 0 Å². The molecule has 0 heterocycles. The standard InChI is InChI=1S/C45H82NO7P/c1-6-8-10-12-14-16-18-20-22-23-24-25-27-29-31-33-35-37-45(47)53-44(43-52-54(48,49)51-42-39-46(3,4)5)38-41-50-40-36-34-32-30-28-26-21-19-17-15-13-11-9-7-2/h22-25,27,29,31,33,35,37,44H,6-21,26,28,30,32,34,36,38-43H2,1-5H3/b23-22+,25-24+,29-27+,33-31+,37-35+. The van der Waals surface area contributed by atoms with Crippen LogP contribution in [-0.2, 0) is 27.9 Å². The number of hydrogen-bond donors (Lipinski definition) is 0. The summed E-state index contributed by atoms with van der Waals surface area (Å²) in [5.74, 6) is -0.582. The van der Waals surface area contributed by atoms with Crippen molar-refractivity contribution in [3.05, 3.63) is 60.8 Å². The molecule has 0 aromatic carbocycles. The third kappa shape index (κ3) is 41.4. The van der Waals surface area contributed by atoms with E-state index in [1.807, 2.05) is 51.5 Å². The average molecular weight is 780 g/mol. The van der Waals surface area contributed by atoms with Crippen LogP contribution in [0.2, 0.25) is 0 Å². The third-order valence-electron chi connectivity index (χ3n) is 9.06. The van der Waals surface area contributed by atoms with Crippen molar-refractivity contribution in [2.75, 3.05) is 54.1 Å². The minimum atomic E-state index is -4.55. The van der Waals surface area contributed by atoms with Gasteiger partial charge in [0.15, 0.2) is 0 Å². The number of carbonyl (C=O) groups is 1. The van der Waals surface area contributed by atoms with E-state index in [2.05, 4.69) is 26.0 Å². The quantitative estimate of drug-likeness (QED) is 0.0153. The molecule has 8 nitrogen and oxygen atoms in total. The van der Waals surface area contributed by atoms with E-state index in [9.17, 15) is 14.3 Å². The van der Waals surface area contributed by atoms with Crippen LogP contribution in [-0.4, -0.2) is 70.7 Å². The van der Waals surface area contributed by atoms with Gasteiger partial charge in [-0.25, -0.2) is 4.79 Å². The molecule has 0 fully saturated rings. The van der Waals surface area contributed by atoms with Gasteiger partial charge in [0.2, 0.25) is 0 Å². The largest absolute Gasteiger partial charge is 0.756 e. The van der Waals surface area contributed by atoms with Crippen LogP contribution < -0.4 is 4.89 Å². The van der Waals surface area contributed by atoms with E-state index in [1.54, 1.807) is 12.2 Å². The Kier molecular flexibility index (Phi) is 36.8. The number of carbonyl (C=O) groups excluding carboxylic acids is 1. The summed E-state index contributed by atoms with van der Waals surface area (Å²) in [5.41, 5.74) is 0. The lowest BCUT2D eigenvalue weighted by atomic mass is 10.0. The van der Waals surface area contributed by atoms with Crippen molar-refractivity contribution in [2.24, 2.45) is 0 Å². The van der Waals surface area contributed by atoms with Crippen molar-refractivity contribution in [1.29, 1.82) is 0 Å². The van der Waals surface area contributed by atoms with Crippen molar-refractivity contribution < 1.29 is 37.3 Å². The van der Waals surface area contributed by atoms with Crippen LogP contribution >= 0.6 is 7.82 Å². The van der Waals surface area contributed by atoms with Gasteiger partial charge in [0, 0.05) is 19.1 Å². The minimum Gasteiger partial charge on any atom is -0.756 e. The molecule has 0 bridgehead atoms. The molecule has 0 rings (SSSR count). The van der Waals surface area contributed by atoms with Gasteiger partial charge in [-0.15, -0.1) is 0 Å². The number of phosphoric ester groups is 1. The molecule has 2 unspecified atom stereocenters. The summed E-state index contributed by atoms with van der Waals surface area (Å²) in [6.07, 6.45) is 46.7. The Morgan fingerprint density at radius 2 is 1.06 bits per heavy atom. The maximum atomic E-state index is 12.5. The number of quaternary nitrogens is 1. The lowest BCUT2D eigenvalue weighted by molar-refractivity contribution is -0.870. The molecule has 314 valence electrons. The van der Waals surface area contributed by atoms with E-state index in [0.717, 1.165) is 19.3 Å². The number of rotatable bonds is 39. The van der Waals surface area contributed by atoms with Gasteiger partial charge < -0.3 is 27.9 Å². The second-order valence-corrected chi connectivity index (χ2v) is 16.9. The second kappa shape index (κ2) is 38.1. The zero-order valence-electron chi connectivity index (χ0n) is 35.4. The van der Waals surface area contributed by atoms with Crippen molar-refractivity contribution in [3.8, 4) is 0 Å². The van der Waals surface area contributed by atoms with Gasteiger partial charge >= 0.3 is 5.97 Å². The van der Waals surface area contributed by atoms with Crippen LogP contribution in [0.1, 0.15) is 162 Å². The van der Waals surface area contributed by atoms with E-state index in [4.69, 9.17) is 18.5 Å². The molecule has 0 aromatic rings. The van der Waals surface area contributed by atoms with Crippen LogP contribution in [0.15, 0.2) is 60.8 Å². The van der Waals surface area contributed by atoms with Crippen molar-refractivity contribution in [1.82, 2.24) is 0 Å². The second-order valence-electron chi connectivity index (χ2n) is 15.5. The Labute approximate surface area is 332 Å². The SMILES string of the molecule is CCCCCCCCC/C=C/C=C/C=C/C=C/C=C/C(=O)OC(CCOCCCCCCCCCCCCCCCC)COP(=O)([O-])OCC[N+](C)(C)C. The fraction of sp³-hybridized carbons (Fsp3) is 0.756. The number of hydrogen-bond acceptors (Lipinski definition) is 7. The molecule has 0 spiro atoms. The lowest BCUT2D eigenvalue weighted by Crippen LogP contribution is -2.37. The highest BCUT2D eigenvalue weighted by Gasteiger charge is 2.19. The first-order valence-electron chi connectivity index (χ1n) is 21.6. The van der Waals surface area contributed by atoms with Gasteiger partial charge in [-0.3, -0.25) is 4.57 Å². The third-order valence-corrected chi connectivity index (χ3v) is 10.0. The molecule has 2 atom stereocenters. The molecule has 0 aromatic heterocycles. The molecule has 0 N–H and O–H groups in total. The molecular weight excluding hydrogens is 697 g/mol. The maximum absolute atomic E-state index is 12.5. The highest BCUT2D eigenvalue weighted by Crippen LogP contribution is 2.38. The average Bonchev–Trinajstić information content (AvgIpc) is 3.12. The van der Waals surface area contributed by atoms with Crippen LogP contribution in [0, 0.1) is 0 Å². The monoisotopic (exact) mass is 780 g/mol. The van der Waals surface area contributed by atoms with Gasteiger partial charge in [-0.1, -0.05) is 191 Å². The first-order valence-corrected chi connectivity index (χ1v) is 23.1. The van der Waals surface area contributed by atoms with Crippen LogP contribution in [0.5, 0.6) is 0 Å². The van der Waals surface area contributed by atoms with E-state index in [-0.39, 0.29) is 13.2 Å². The zero-order chi connectivity index (χ0) is 39.9. The molecule has 0 aliphatic rings. The Balaban J connectivity index is 4.47. The van der Waals surface area contributed by atoms with Crippen LogP contribution in [0.3, 0.4) is 0 Å². The summed E-state index contributed by atoms with van der Waals surface area (Å²) < 4.78 is 34.4. The molecule has 0 aliphatic carbocycles. The highest BCUT2D eigenvalue weighted by molar-refractivity contribution is 7.45. The number of phosphoric acid groups is 1. The first kappa shape index (κ1) is 52.2. The van der Waals surface area contributed by atoms with Crippen molar-refractivity contribution in [3.63, 3.8) is 0 Å². The molecule has 0 saturated carbocycles. The Hall–Kier alpha value is -1.80. The summed E-state index contributed by atoms with van der Waals surface area (Å²) in [6.45, 7) is 5.65. The van der Waals surface area contributed by atoms with E-state index < -0.39 is 19.9 Å².